The van der Waals surface area contributed by atoms with Gasteiger partial charge in [-0.25, -0.2) is 0 Å². The Kier molecular flexibility index (Phi) is 3.58. The molecular formula is C15H18ClN. The zero-order valence-electron chi connectivity index (χ0n) is 10.6. The average Bonchev–Trinajstić information content (AvgIpc) is 2.23. The van der Waals surface area contributed by atoms with Crippen LogP contribution in [-0.2, 0) is 0 Å². The van der Waals surface area contributed by atoms with Crippen molar-refractivity contribution in [1.29, 1.82) is 0 Å². The van der Waals surface area contributed by atoms with Crippen LogP contribution in [0.15, 0.2) is 35.0 Å². The molecule has 0 radical (unpaired) electrons. The van der Waals surface area contributed by atoms with E-state index in [2.05, 4.69) is 44.3 Å². The van der Waals surface area contributed by atoms with Gasteiger partial charge in [0.25, 0.3) is 0 Å². The minimum Gasteiger partial charge on any atom is -0.355 e. The summed E-state index contributed by atoms with van der Waals surface area (Å²) >= 11 is 6.06. The fourth-order valence-corrected chi connectivity index (χ4v) is 2.50. The number of benzene rings is 1. The minimum atomic E-state index is 0.928. The maximum Gasteiger partial charge on any atom is 0.0443 e. The molecule has 0 aliphatic heterocycles. The smallest absolute Gasteiger partial charge is 0.0443 e. The highest BCUT2D eigenvalue weighted by Crippen LogP contribution is 2.26. The van der Waals surface area contributed by atoms with Crippen molar-refractivity contribution in [2.45, 2.75) is 33.6 Å². The molecule has 1 N–H and O–H groups in total. The molecule has 1 aromatic carbocycles. The second kappa shape index (κ2) is 4.97. The van der Waals surface area contributed by atoms with Crippen molar-refractivity contribution in [3.63, 3.8) is 0 Å². The molecule has 0 spiro atoms. The standard InChI is InChI=1S/C15H18ClN/c1-10-7-11(2)15(12(3)8-10)17-14-6-4-5-13(16)9-14/h6-9,17H,4-5H2,1-3H3. The van der Waals surface area contributed by atoms with Gasteiger partial charge in [0.05, 0.1) is 0 Å². The van der Waals surface area contributed by atoms with Crippen LogP contribution in [-0.4, -0.2) is 0 Å². The molecule has 0 aromatic heterocycles. The van der Waals surface area contributed by atoms with E-state index in [4.69, 9.17) is 11.6 Å². The lowest BCUT2D eigenvalue weighted by atomic mass is 10.0. The van der Waals surface area contributed by atoms with Crippen LogP contribution in [0, 0.1) is 20.8 Å². The largest absolute Gasteiger partial charge is 0.355 e. The molecule has 0 atom stereocenters. The first-order chi connectivity index (χ1) is 8.06. The van der Waals surface area contributed by atoms with Crippen LogP contribution in [0.1, 0.15) is 29.5 Å². The summed E-state index contributed by atoms with van der Waals surface area (Å²) in [5.74, 6) is 0. The SMILES string of the molecule is Cc1cc(C)c(NC2=CCCC(Cl)=C2)c(C)c1. The number of nitrogens with one attached hydrogen (secondary N) is 1. The first-order valence-electron chi connectivity index (χ1n) is 5.97. The molecule has 2 rings (SSSR count). The van der Waals surface area contributed by atoms with Crippen LogP contribution in [0.25, 0.3) is 0 Å². The number of allylic oxidation sites excluding steroid dienone is 3. The first-order valence-corrected chi connectivity index (χ1v) is 6.35. The molecule has 1 aliphatic carbocycles. The molecule has 0 saturated heterocycles. The molecular weight excluding hydrogens is 230 g/mol. The maximum absolute atomic E-state index is 6.06. The third kappa shape index (κ3) is 2.92. The monoisotopic (exact) mass is 247 g/mol. The summed E-state index contributed by atoms with van der Waals surface area (Å²) in [6.07, 6.45) is 6.19. The number of aryl methyl sites for hydroxylation is 3. The number of hydrogen-bond acceptors (Lipinski definition) is 1. The second-order valence-corrected chi connectivity index (χ2v) is 5.17. The van der Waals surface area contributed by atoms with E-state index in [-0.39, 0.29) is 0 Å². The van der Waals surface area contributed by atoms with Crippen molar-refractivity contribution >= 4 is 17.3 Å². The number of halogens is 1. The van der Waals surface area contributed by atoms with E-state index in [0.717, 1.165) is 23.6 Å². The summed E-state index contributed by atoms with van der Waals surface area (Å²) < 4.78 is 0. The van der Waals surface area contributed by atoms with Gasteiger partial charge in [-0.05, 0) is 50.8 Å². The summed E-state index contributed by atoms with van der Waals surface area (Å²) in [4.78, 5) is 0. The predicted octanol–water partition coefficient (Wildman–Crippen LogP) is 4.82. The van der Waals surface area contributed by atoms with E-state index in [1.807, 2.05) is 6.08 Å². The van der Waals surface area contributed by atoms with Gasteiger partial charge in [-0.1, -0.05) is 35.4 Å². The van der Waals surface area contributed by atoms with E-state index in [1.54, 1.807) is 0 Å². The molecule has 0 amide bonds. The van der Waals surface area contributed by atoms with Gasteiger partial charge in [-0.3, -0.25) is 0 Å². The lowest BCUT2D eigenvalue weighted by molar-refractivity contribution is 0.998. The van der Waals surface area contributed by atoms with Crippen molar-refractivity contribution in [2.75, 3.05) is 5.32 Å². The Labute approximate surface area is 108 Å². The van der Waals surface area contributed by atoms with Crippen molar-refractivity contribution in [3.05, 3.63) is 51.7 Å². The third-order valence-electron chi connectivity index (χ3n) is 3.01. The summed E-state index contributed by atoms with van der Waals surface area (Å²) in [5, 5.41) is 4.40. The van der Waals surface area contributed by atoms with Gasteiger partial charge in [0.2, 0.25) is 0 Å². The Morgan fingerprint density at radius 1 is 1.12 bits per heavy atom. The first kappa shape index (κ1) is 12.3. The van der Waals surface area contributed by atoms with Gasteiger partial charge < -0.3 is 5.32 Å². The highest BCUT2D eigenvalue weighted by Gasteiger charge is 2.07. The summed E-state index contributed by atoms with van der Waals surface area (Å²) in [6, 6.07) is 4.40. The molecule has 0 saturated carbocycles. The third-order valence-corrected chi connectivity index (χ3v) is 3.30. The number of rotatable bonds is 2. The summed E-state index contributed by atoms with van der Waals surface area (Å²) in [6.45, 7) is 6.40. The molecule has 0 fully saturated rings. The summed E-state index contributed by atoms with van der Waals surface area (Å²) in [7, 11) is 0. The molecule has 0 unspecified atom stereocenters. The van der Waals surface area contributed by atoms with Gasteiger partial charge in [-0.15, -0.1) is 0 Å². The molecule has 17 heavy (non-hydrogen) atoms. The Balaban J connectivity index is 2.28. The fourth-order valence-electron chi connectivity index (χ4n) is 2.27. The van der Waals surface area contributed by atoms with Crippen molar-refractivity contribution < 1.29 is 0 Å². The van der Waals surface area contributed by atoms with E-state index in [0.29, 0.717) is 0 Å². The van der Waals surface area contributed by atoms with Crippen LogP contribution in [0.5, 0.6) is 0 Å². The Morgan fingerprint density at radius 2 is 1.76 bits per heavy atom. The maximum atomic E-state index is 6.06. The zero-order valence-corrected chi connectivity index (χ0v) is 11.4. The van der Waals surface area contributed by atoms with E-state index in [1.165, 1.54) is 22.4 Å². The van der Waals surface area contributed by atoms with E-state index < -0.39 is 0 Å². The molecule has 1 nitrogen and oxygen atoms in total. The van der Waals surface area contributed by atoms with E-state index >= 15 is 0 Å². The average molecular weight is 248 g/mol. The Morgan fingerprint density at radius 3 is 2.35 bits per heavy atom. The van der Waals surface area contributed by atoms with Crippen molar-refractivity contribution in [1.82, 2.24) is 0 Å². The van der Waals surface area contributed by atoms with Crippen LogP contribution >= 0.6 is 11.6 Å². The lowest BCUT2D eigenvalue weighted by Gasteiger charge is -2.17. The second-order valence-electron chi connectivity index (χ2n) is 4.69. The number of hydrogen-bond donors (Lipinski definition) is 1. The minimum absolute atomic E-state index is 0.928. The van der Waals surface area contributed by atoms with Gasteiger partial charge in [0, 0.05) is 16.4 Å². The Hall–Kier alpha value is -1.21. The predicted molar refractivity (Wildman–Crippen MR) is 75.5 cm³/mol. The summed E-state index contributed by atoms with van der Waals surface area (Å²) in [5.41, 5.74) is 6.16. The van der Waals surface area contributed by atoms with Crippen LogP contribution < -0.4 is 5.32 Å². The Bertz CT molecular complexity index is 475. The highest BCUT2D eigenvalue weighted by atomic mass is 35.5. The van der Waals surface area contributed by atoms with Gasteiger partial charge in [-0.2, -0.15) is 0 Å². The highest BCUT2D eigenvalue weighted by molar-refractivity contribution is 6.29. The normalized spacial score (nSPS) is 15.3. The van der Waals surface area contributed by atoms with Crippen LogP contribution in [0.2, 0.25) is 0 Å². The van der Waals surface area contributed by atoms with Gasteiger partial charge in [0.15, 0.2) is 0 Å². The van der Waals surface area contributed by atoms with E-state index in [9.17, 15) is 0 Å². The molecule has 1 aromatic rings. The zero-order chi connectivity index (χ0) is 12.4. The van der Waals surface area contributed by atoms with Crippen molar-refractivity contribution in [2.24, 2.45) is 0 Å². The fraction of sp³-hybridized carbons (Fsp3) is 0.333. The molecule has 0 bridgehead atoms. The van der Waals surface area contributed by atoms with Gasteiger partial charge >= 0.3 is 0 Å². The van der Waals surface area contributed by atoms with Crippen molar-refractivity contribution in [3.8, 4) is 0 Å². The molecule has 90 valence electrons. The van der Waals surface area contributed by atoms with Crippen LogP contribution in [0.4, 0.5) is 5.69 Å². The quantitative estimate of drug-likeness (QED) is 0.790. The molecule has 2 heteroatoms. The topological polar surface area (TPSA) is 12.0 Å². The number of anilines is 1. The molecule has 0 heterocycles. The lowest BCUT2D eigenvalue weighted by Crippen LogP contribution is -2.04. The van der Waals surface area contributed by atoms with Crippen LogP contribution in [0.3, 0.4) is 0 Å². The van der Waals surface area contributed by atoms with Gasteiger partial charge in [0.1, 0.15) is 0 Å². The molecule has 1 aliphatic rings.